The average Bonchev–Trinajstić information content (AvgIpc) is 3.29. The SMILES string of the molecule is C=C[C@H](O)[C@@H]1[C@H](O[C@@H](C)c2c(C(C)C)cc(C(C)C)cc2C(C)C)CCN1C(=O)OCc1ccccc1. The van der Waals surface area contributed by atoms with E-state index in [1.807, 2.05) is 30.3 Å². The van der Waals surface area contributed by atoms with Crippen molar-refractivity contribution in [2.45, 2.75) is 104 Å². The summed E-state index contributed by atoms with van der Waals surface area (Å²) in [5.41, 5.74) is 6.10. The molecule has 4 atom stereocenters. The molecule has 1 amide bonds. The molecule has 0 radical (unpaired) electrons. The fourth-order valence-electron chi connectivity index (χ4n) is 5.31. The van der Waals surface area contributed by atoms with Crippen LogP contribution >= 0.6 is 0 Å². The molecule has 37 heavy (non-hydrogen) atoms. The molecule has 0 aliphatic carbocycles. The molecular weight excluding hydrogens is 462 g/mol. The van der Waals surface area contributed by atoms with Crippen LogP contribution in [0, 0.1) is 0 Å². The van der Waals surface area contributed by atoms with E-state index in [1.165, 1.54) is 28.3 Å². The van der Waals surface area contributed by atoms with Crippen molar-refractivity contribution in [3.05, 3.63) is 82.9 Å². The second kappa shape index (κ2) is 12.7. The molecule has 3 rings (SSSR count). The van der Waals surface area contributed by atoms with E-state index in [0.29, 0.717) is 30.7 Å². The van der Waals surface area contributed by atoms with Gasteiger partial charge in [-0.15, -0.1) is 6.58 Å². The second-order valence-corrected chi connectivity index (χ2v) is 11.1. The number of benzene rings is 2. The van der Waals surface area contributed by atoms with Crippen LogP contribution in [0.2, 0.25) is 0 Å². The van der Waals surface area contributed by atoms with Crippen LogP contribution < -0.4 is 0 Å². The number of carbonyl (C=O) groups is 1. The van der Waals surface area contributed by atoms with Crippen LogP contribution in [0.5, 0.6) is 0 Å². The summed E-state index contributed by atoms with van der Waals surface area (Å²) >= 11 is 0. The van der Waals surface area contributed by atoms with Crippen molar-refractivity contribution in [2.75, 3.05) is 6.54 Å². The molecule has 2 aromatic rings. The van der Waals surface area contributed by atoms with Gasteiger partial charge in [0.05, 0.1) is 24.4 Å². The highest BCUT2D eigenvalue weighted by Crippen LogP contribution is 2.39. The molecule has 0 aromatic heterocycles. The van der Waals surface area contributed by atoms with Gasteiger partial charge in [0, 0.05) is 6.54 Å². The van der Waals surface area contributed by atoms with Gasteiger partial charge >= 0.3 is 6.09 Å². The number of amides is 1. The van der Waals surface area contributed by atoms with Gasteiger partial charge < -0.3 is 14.6 Å². The Morgan fingerprint density at radius 2 is 1.62 bits per heavy atom. The summed E-state index contributed by atoms with van der Waals surface area (Å²) in [6.07, 6.45) is 0.212. The first-order valence-corrected chi connectivity index (χ1v) is 13.7. The molecule has 2 aromatic carbocycles. The van der Waals surface area contributed by atoms with E-state index in [2.05, 4.69) is 67.2 Å². The Hall–Kier alpha value is -2.63. The summed E-state index contributed by atoms with van der Waals surface area (Å²) in [5.74, 6) is 1.14. The molecule has 1 heterocycles. The quantitative estimate of drug-likeness (QED) is 0.339. The van der Waals surface area contributed by atoms with Crippen molar-refractivity contribution in [2.24, 2.45) is 0 Å². The highest BCUT2D eigenvalue weighted by atomic mass is 16.6. The minimum absolute atomic E-state index is 0.187. The first kappa shape index (κ1) is 28.9. The molecule has 202 valence electrons. The predicted molar refractivity (Wildman–Crippen MR) is 150 cm³/mol. The zero-order chi connectivity index (χ0) is 27.3. The van der Waals surface area contributed by atoms with E-state index in [1.54, 1.807) is 4.90 Å². The maximum absolute atomic E-state index is 13.0. The van der Waals surface area contributed by atoms with Gasteiger partial charge in [-0.25, -0.2) is 4.79 Å². The molecular formula is C32H45NO4. The van der Waals surface area contributed by atoms with Gasteiger partial charge in [-0.3, -0.25) is 4.90 Å². The van der Waals surface area contributed by atoms with Crippen molar-refractivity contribution in [3.63, 3.8) is 0 Å². The smallest absolute Gasteiger partial charge is 0.410 e. The Bertz CT molecular complexity index is 1020. The summed E-state index contributed by atoms with van der Waals surface area (Å²) in [6.45, 7) is 19.9. The summed E-state index contributed by atoms with van der Waals surface area (Å²) in [6, 6.07) is 13.7. The fraction of sp³-hybridized carbons (Fsp3) is 0.531. The third-order valence-electron chi connectivity index (χ3n) is 7.39. The first-order valence-electron chi connectivity index (χ1n) is 13.7. The van der Waals surface area contributed by atoms with E-state index in [4.69, 9.17) is 9.47 Å². The highest BCUT2D eigenvalue weighted by Gasteiger charge is 2.43. The third kappa shape index (κ3) is 6.82. The van der Waals surface area contributed by atoms with Gasteiger partial charge in [0.2, 0.25) is 0 Å². The van der Waals surface area contributed by atoms with Gasteiger partial charge in [0.25, 0.3) is 0 Å². The normalized spacial score (nSPS) is 19.5. The van der Waals surface area contributed by atoms with E-state index in [0.717, 1.165) is 5.56 Å². The first-order chi connectivity index (χ1) is 17.5. The third-order valence-corrected chi connectivity index (χ3v) is 7.39. The lowest BCUT2D eigenvalue weighted by atomic mass is 9.82. The summed E-state index contributed by atoms with van der Waals surface area (Å²) in [5, 5.41) is 10.9. The fourth-order valence-corrected chi connectivity index (χ4v) is 5.31. The molecule has 1 N–H and O–H groups in total. The van der Waals surface area contributed by atoms with Gasteiger partial charge in [-0.2, -0.15) is 0 Å². The molecule has 1 fully saturated rings. The number of hydrogen-bond acceptors (Lipinski definition) is 4. The lowest BCUT2D eigenvalue weighted by molar-refractivity contribution is -0.0466. The number of ether oxygens (including phenoxy) is 2. The van der Waals surface area contributed by atoms with Crippen LogP contribution in [0.4, 0.5) is 4.79 Å². The number of aliphatic hydroxyl groups is 1. The molecule has 0 spiro atoms. The standard InChI is InChI=1S/C32H45NO4/c1-9-28(34)31-29(15-16-33(31)32(35)36-19-24-13-11-10-12-14-24)37-23(8)30-26(21(4)5)17-25(20(2)3)18-27(30)22(6)7/h9-14,17-18,20-23,28-29,31,34H,1,15-16,19H2,2-8H3/t23-,28-,29+,31+/m0/s1. The van der Waals surface area contributed by atoms with Gasteiger partial charge in [0.15, 0.2) is 0 Å². The largest absolute Gasteiger partial charge is 0.445 e. The van der Waals surface area contributed by atoms with Crippen LogP contribution in [0.25, 0.3) is 0 Å². The molecule has 0 saturated carbocycles. The number of likely N-dealkylation sites (tertiary alicyclic amines) is 1. The van der Waals surface area contributed by atoms with Gasteiger partial charge in [-0.1, -0.05) is 90.1 Å². The van der Waals surface area contributed by atoms with Crippen molar-refractivity contribution >= 4 is 6.09 Å². The molecule has 0 unspecified atom stereocenters. The minimum atomic E-state index is -0.915. The van der Waals surface area contributed by atoms with Crippen LogP contribution in [-0.2, 0) is 16.1 Å². The highest BCUT2D eigenvalue weighted by molar-refractivity contribution is 5.69. The Labute approximate surface area is 223 Å². The average molecular weight is 508 g/mol. The monoisotopic (exact) mass is 507 g/mol. The Balaban J connectivity index is 1.85. The Morgan fingerprint density at radius 1 is 1.03 bits per heavy atom. The summed E-state index contributed by atoms with van der Waals surface area (Å²) in [4.78, 5) is 14.6. The molecule has 0 bridgehead atoms. The number of hydrogen-bond donors (Lipinski definition) is 1. The van der Waals surface area contributed by atoms with Crippen LogP contribution in [0.3, 0.4) is 0 Å². The molecule has 1 aliphatic heterocycles. The number of aliphatic hydroxyl groups excluding tert-OH is 1. The Kier molecular flexibility index (Phi) is 9.97. The van der Waals surface area contributed by atoms with E-state index in [9.17, 15) is 9.90 Å². The van der Waals surface area contributed by atoms with Crippen molar-refractivity contribution in [1.29, 1.82) is 0 Å². The zero-order valence-electron chi connectivity index (χ0n) is 23.6. The van der Waals surface area contributed by atoms with Gasteiger partial charge in [-0.05, 0) is 58.9 Å². The maximum Gasteiger partial charge on any atom is 0.410 e. The predicted octanol–water partition coefficient (Wildman–Crippen LogP) is 7.46. The zero-order valence-corrected chi connectivity index (χ0v) is 23.6. The summed E-state index contributed by atoms with van der Waals surface area (Å²) < 4.78 is 12.3. The van der Waals surface area contributed by atoms with Crippen LogP contribution in [0.15, 0.2) is 55.1 Å². The van der Waals surface area contributed by atoms with E-state index in [-0.39, 0.29) is 18.8 Å². The van der Waals surface area contributed by atoms with Crippen molar-refractivity contribution < 1.29 is 19.4 Å². The second-order valence-electron chi connectivity index (χ2n) is 11.1. The van der Waals surface area contributed by atoms with E-state index >= 15 is 0 Å². The van der Waals surface area contributed by atoms with Crippen molar-refractivity contribution in [3.8, 4) is 0 Å². The number of nitrogens with zero attached hydrogens (tertiary/aromatic N) is 1. The molecule has 1 saturated heterocycles. The number of rotatable bonds is 10. The van der Waals surface area contributed by atoms with E-state index < -0.39 is 18.2 Å². The molecule has 5 heteroatoms. The molecule has 1 aliphatic rings. The Morgan fingerprint density at radius 3 is 2.14 bits per heavy atom. The lowest BCUT2D eigenvalue weighted by Crippen LogP contribution is -2.47. The topological polar surface area (TPSA) is 59.0 Å². The number of carbonyl (C=O) groups excluding carboxylic acids is 1. The lowest BCUT2D eigenvalue weighted by Gasteiger charge is -2.33. The summed E-state index contributed by atoms with van der Waals surface area (Å²) in [7, 11) is 0. The van der Waals surface area contributed by atoms with Crippen LogP contribution in [0.1, 0.15) is 107 Å². The van der Waals surface area contributed by atoms with Crippen molar-refractivity contribution in [1.82, 2.24) is 4.90 Å². The maximum atomic E-state index is 13.0. The van der Waals surface area contributed by atoms with Crippen LogP contribution in [-0.4, -0.2) is 40.9 Å². The molecule has 5 nitrogen and oxygen atoms in total. The minimum Gasteiger partial charge on any atom is -0.445 e. The van der Waals surface area contributed by atoms with Gasteiger partial charge in [0.1, 0.15) is 6.61 Å².